The molecule has 0 radical (unpaired) electrons. The topological polar surface area (TPSA) is 55.1 Å². The van der Waals surface area contributed by atoms with Gasteiger partial charge in [0.2, 0.25) is 0 Å². The molecule has 0 fully saturated rings. The van der Waals surface area contributed by atoms with Crippen LogP contribution < -0.4 is 0 Å². The Bertz CT molecular complexity index is 372. The van der Waals surface area contributed by atoms with E-state index in [9.17, 15) is 4.79 Å². The van der Waals surface area contributed by atoms with E-state index in [1.54, 1.807) is 0 Å². The molecule has 1 rings (SSSR count). The first-order valence-corrected chi connectivity index (χ1v) is 5.33. The molecule has 4 nitrogen and oxygen atoms in total. The van der Waals surface area contributed by atoms with Crippen molar-refractivity contribution in [2.45, 2.75) is 33.7 Å². The number of carbonyl (C=O) groups is 1. The summed E-state index contributed by atoms with van der Waals surface area (Å²) in [5.41, 5.74) is 0.719. The maximum atomic E-state index is 11.0. The fourth-order valence-corrected chi connectivity index (χ4v) is 1.79. The molecule has 0 spiro atoms. The third kappa shape index (κ3) is 2.50. The fourth-order valence-electron chi connectivity index (χ4n) is 1.44. The van der Waals surface area contributed by atoms with Crippen molar-refractivity contribution in [3.63, 3.8) is 0 Å². The van der Waals surface area contributed by atoms with Gasteiger partial charge in [0.1, 0.15) is 10.7 Å². The van der Waals surface area contributed by atoms with Crippen LogP contribution in [0, 0.1) is 5.92 Å². The van der Waals surface area contributed by atoms with Crippen molar-refractivity contribution in [3.8, 4) is 0 Å². The van der Waals surface area contributed by atoms with Gasteiger partial charge in [-0.05, 0) is 19.3 Å². The minimum absolute atomic E-state index is 0.146. The second-order valence-electron chi connectivity index (χ2n) is 3.83. The van der Waals surface area contributed by atoms with Crippen LogP contribution in [0.3, 0.4) is 0 Å². The van der Waals surface area contributed by atoms with Gasteiger partial charge in [-0.15, -0.1) is 0 Å². The molecule has 0 aliphatic rings. The summed E-state index contributed by atoms with van der Waals surface area (Å²) in [6.45, 7) is 6.50. The summed E-state index contributed by atoms with van der Waals surface area (Å²) >= 11 is 5.93. The monoisotopic (exact) mass is 230 g/mol. The van der Waals surface area contributed by atoms with E-state index in [2.05, 4.69) is 5.10 Å². The van der Waals surface area contributed by atoms with Gasteiger partial charge in [-0.25, -0.2) is 4.79 Å². The number of hydrogen-bond donors (Lipinski definition) is 1. The van der Waals surface area contributed by atoms with Crippen molar-refractivity contribution in [2.75, 3.05) is 0 Å². The first-order chi connectivity index (χ1) is 6.97. The van der Waals surface area contributed by atoms with Crippen LogP contribution in [0.5, 0.6) is 0 Å². The number of carboxylic acid groups (broad SMARTS) is 1. The lowest BCUT2D eigenvalue weighted by Crippen LogP contribution is -2.03. The maximum absolute atomic E-state index is 11.0. The number of aromatic carboxylic acids is 1. The number of nitrogens with zero attached hydrogens (tertiary/aromatic N) is 2. The summed E-state index contributed by atoms with van der Waals surface area (Å²) in [5.74, 6) is -0.644. The van der Waals surface area contributed by atoms with E-state index in [1.165, 1.54) is 4.68 Å². The number of carboxylic acids is 1. The highest BCUT2D eigenvalue weighted by atomic mass is 35.5. The highest BCUT2D eigenvalue weighted by Gasteiger charge is 2.21. The standard InChI is InChI=1S/C10H15ClN2O2/c1-4-13-9(11)8(10(14)15)7(12-13)5-6(2)3/h6H,4-5H2,1-3H3,(H,14,15). The van der Waals surface area contributed by atoms with Crippen LogP contribution in [0.4, 0.5) is 0 Å². The van der Waals surface area contributed by atoms with Crippen LogP contribution in [0.2, 0.25) is 5.15 Å². The van der Waals surface area contributed by atoms with Gasteiger partial charge in [-0.1, -0.05) is 25.4 Å². The molecule has 5 heteroatoms. The minimum Gasteiger partial charge on any atom is -0.478 e. The van der Waals surface area contributed by atoms with Gasteiger partial charge in [0.05, 0.1) is 5.69 Å². The van der Waals surface area contributed by atoms with E-state index in [0.29, 0.717) is 24.6 Å². The zero-order valence-corrected chi connectivity index (χ0v) is 9.88. The van der Waals surface area contributed by atoms with Crippen LogP contribution in [0.25, 0.3) is 0 Å². The van der Waals surface area contributed by atoms with Gasteiger partial charge >= 0.3 is 5.97 Å². The predicted molar refractivity (Wildman–Crippen MR) is 58.4 cm³/mol. The van der Waals surface area contributed by atoms with Gasteiger partial charge in [-0.2, -0.15) is 5.10 Å². The Morgan fingerprint density at radius 2 is 2.20 bits per heavy atom. The van der Waals surface area contributed by atoms with E-state index >= 15 is 0 Å². The van der Waals surface area contributed by atoms with Crippen LogP contribution in [0.1, 0.15) is 36.8 Å². The summed E-state index contributed by atoms with van der Waals surface area (Å²) in [7, 11) is 0. The van der Waals surface area contributed by atoms with E-state index in [1.807, 2.05) is 20.8 Å². The second-order valence-corrected chi connectivity index (χ2v) is 4.19. The Morgan fingerprint density at radius 1 is 1.60 bits per heavy atom. The highest BCUT2D eigenvalue weighted by Crippen LogP contribution is 2.22. The molecule has 0 unspecified atom stereocenters. The summed E-state index contributed by atoms with van der Waals surface area (Å²) < 4.78 is 1.52. The number of rotatable bonds is 4. The normalized spacial score (nSPS) is 11.0. The number of halogens is 1. The quantitative estimate of drug-likeness (QED) is 0.865. The maximum Gasteiger partial charge on any atom is 0.340 e. The molecule has 1 N–H and O–H groups in total. The van der Waals surface area contributed by atoms with E-state index in [0.717, 1.165) is 0 Å². The van der Waals surface area contributed by atoms with Gasteiger partial charge < -0.3 is 5.11 Å². The summed E-state index contributed by atoms with van der Waals surface area (Å²) in [5, 5.41) is 13.4. The van der Waals surface area contributed by atoms with Crippen LogP contribution in [0.15, 0.2) is 0 Å². The lowest BCUT2D eigenvalue weighted by atomic mass is 10.1. The van der Waals surface area contributed by atoms with Crippen LogP contribution in [-0.2, 0) is 13.0 Å². The lowest BCUT2D eigenvalue weighted by Gasteiger charge is -2.01. The van der Waals surface area contributed by atoms with E-state index in [-0.39, 0.29) is 10.7 Å². The molecule has 1 aromatic heterocycles. The van der Waals surface area contributed by atoms with E-state index in [4.69, 9.17) is 16.7 Å². The molecule has 0 aliphatic heterocycles. The third-order valence-corrected chi connectivity index (χ3v) is 2.46. The van der Waals surface area contributed by atoms with Crippen molar-refractivity contribution in [2.24, 2.45) is 5.92 Å². The molecular weight excluding hydrogens is 216 g/mol. The largest absolute Gasteiger partial charge is 0.478 e. The third-order valence-electron chi connectivity index (χ3n) is 2.08. The van der Waals surface area contributed by atoms with Crippen LogP contribution >= 0.6 is 11.6 Å². The summed E-state index contributed by atoms with van der Waals surface area (Å²) in [6, 6.07) is 0. The first kappa shape index (κ1) is 12.0. The summed E-state index contributed by atoms with van der Waals surface area (Å²) in [6.07, 6.45) is 0.633. The predicted octanol–water partition coefficient (Wildman–Crippen LogP) is 2.45. The zero-order valence-electron chi connectivity index (χ0n) is 9.12. The molecule has 0 saturated heterocycles. The molecule has 0 aliphatic carbocycles. The van der Waals surface area contributed by atoms with Gasteiger partial charge in [0.15, 0.2) is 0 Å². The van der Waals surface area contributed by atoms with Crippen molar-refractivity contribution >= 4 is 17.6 Å². The first-order valence-electron chi connectivity index (χ1n) is 4.95. The molecule has 0 amide bonds. The Hall–Kier alpha value is -1.03. The van der Waals surface area contributed by atoms with Gasteiger partial charge in [-0.3, -0.25) is 4.68 Å². The Kier molecular flexibility index (Phi) is 3.74. The number of aryl methyl sites for hydroxylation is 1. The van der Waals surface area contributed by atoms with Crippen molar-refractivity contribution in [1.29, 1.82) is 0 Å². The zero-order chi connectivity index (χ0) is 11.6. The average molecular weight is 231 g/mol. The van der Waals surface area contributed by atoms with E-state index < -0.39 is 5.97 Å². The van der Waals surface area contributed by atoms with Crippen molar-refractivity contribution in [3.05, 3.63) is 16.4 Å². The fraction of sp³-hybridized carbons (Fsp3) is 0.600. The van der Waals surface area contributed by atoms with Crippen LogP contribution in [-0.4, -0.2) is 20.9 Å². The smallest absolute Gasteiger partial charge is 0.340 e. The Balaban J connectivity index is 3.18. The molecule has 0 atom stereocenters. The molecular formula is C10H15ClN2O2. The van der Waals surface area contributed by atoms with Gasteiger partial charge in [0.25, 0.3) is 0 Å². The Labute approximate surface area is 93.9 Å². The molecule has 15 heavy (non-hydrogen) atoms. The lowest BCUT2D eigenvalue weighted by molar-refractivity contribution is 0.0695. The average Bonchev–Trinajstić information content (AvgIpc) is 2.41. The number of aromatic nitrogens is 2. The molecule has 0 aromatic carbocycles. The second kappa shape index (κ2) is 4.66. The van der Waals surface area contributed by atoms with Gasteiger partial charge in [0, 0.05) is 6.54 Å². The number of hydrogen-bond acceptors (Lipinski definition) is 2. The van der Waals surface area contributed by atoms with Crippen molar-refractivity contribution in [1.82, 2.24) is 9.78 Å². The molecule has 84 valence electrons. The molecule has 0 bridgehead atoms. The Morgan fingerprint density at radius 3 is 2.60 bits per heavy atom. The minimum atomic E-state index is -1.00. The molecule has 0 saturated carbocycles. The molecule has 1 aromatic rings. The van der Waals surface area contributed by atoms with Crippen molar-refractivity contribution < 1.29 is 9.90 Å². The molecule has 1 heterocycles. The SMILES string of the molecule is CCn1nc(CC(C)C)c(C(=O)O)c1Cl. The summed E-state index contributed by atoms with van der Waals surface area (Å²) in [4.78, 5) is 11.0. The highest BCUT2D eigenvalue weighted by molar-refractivity contribution is 6.32.